The van der Waals surface area contributed by atoms with Gasteiger partial charge in [0.25, 0.3) is 5.56 Å². The number of nitrogens with zero attached hydrogens (tertiary/aromatic N) is 1. The van der Waals surface area contributed by atoms with Crippen molar-refractivity contribution in [3.63, 3.8) is 0 Å². The SMILES string of the molecule is Nc1ccc2nc(NC3(CO)CCC3)[nH]c(=O)c2c1. The van der Waals surface area contributed by atoms with Crippen LogP contribution in [0.25, 0.3) is 10.9 Å². The van der Waals surface area contributed by atoms with Gasteiger partial charge in [-0.05, 0) is 37.5 Å². The Kier molecular flexibility index (Phi) is 2.67. The van der Waals surface area contributed by atoms with Crippen molar-refractivity contribution in [1.82, 2.24) is 9.97 Å². The minimum atomic E-state index is -0.336. The summed E-state index contributed by atoms with van der Waals surface area (Å²) in [5.74, 6) is 0.399. The topological polar surface area (TPSA) is 104 Å². The van der Waals surface area contributed by atoms with Gasteiger partial charge in [0.05, 0.1) is 23.0 Å². The van der Waals surface area contributed by atoms with Gasteiger partial charge in [0.2, 0.25) is 5.95 Å². The van der Waals surface area contributed by atoms with Gasteiger partial charge in [0.15, 0.2) is 0 Å². The molecule has 2 aromatic rings. The Balaban J connectivity index is 2.01. The lowest BCUT2D eigenvalue weighted by Crippen LogP contribution is -2.49. The predicted molar refractivity (Wildman–Crippen MR) is 74.1 cm³/mol. The summed E-state index contributed by atoms with van der Waals surface area (Å²) in [5.41, 5.74) is 6.21. The van der Waals surface area contributed by atoms with Gasteiger partial charge in [-0.25, -0.2) is 4.98 Å². The maximum Gasteiger partial charge on any atom is 0.260 e. The molecule has 5 N–H and O–H groups in total. The fourth-order valence-corrected chi connectivity index (χ4v) is 2.39. The van der Waals surface area contributed by atoms with Gasteiger partial charge in [0, 0.05) is 5.69 Å². The molecule has 0 aliphatic heterocycles. The van der Waals surface area contributed by atoms with Crippen LogP contribution < -0.4 is 16.6 Å². The number of anilines is 2. The van der Waals surface area contributed by atoms with Crippen molar-refractivity contribution < 1.29 is 5.11 Å². The Bertz CT molecular complexity index is 670. The van der Waals surface area contributed by atoms with E-state index < -0.39 is 0 Å². The first kappa shape index (κ1) is 12.0. The molecule has 0 radical (unpaired) electrons. The molecular weight excluding hydrogens is 244 g/mol. The zero-order chi connectivity index (χ0) is 13.5. The van der Waals surface area contributed by atoms with Crippen LogP contribution in [0.15, 0.2) is 23.0 Å². The quantitative estimate of drug-likeness (QED) is 0.612. The van der Waals surface area contributed by atoms with E-state index in [-0.39, 0.29) is 17.7 Å². The van der Waals surface area contributed by atoms with Gasteiger partial charge in [0.1, 0.15) is 0 Å². The van der Waals surface area contributed by atoms with Gasteiger partial charge in [-0.2, -0.15) is 0 Å². The van der Waals surface area contributed by atoms with Crippen LogP contribution in [0.5, 0.6) is 0 Å². The van der Waals surface area contributed by atoms with Gasteiger partial charge >= 0.3 is 0 Å². The fourth-order valence-electron chi connectivity index (χ4n) is 2.39. The second kappa shape index (κ2) is 4.24. The summed E-state index contributed by atoms with van der Waals surface area (Å²) in [7, 11) is 0. The van der Waals surface area contributed by atoms with E-state index in [9.17, 15) is 9.90 Å². The molecule has 1 aromatic carbocycles. The van der Waals surface area contributed by atoms with E-state index in [4.69, 9.17) is 5.73 Å². The van der Waals surface area contributed by atoms with Crippen molar-refractivity contribution in [3.05, 3.63) is 28.6 Å². The molecular formula is C13H16N4O2. The molecule has 1 aliphatic rings. The number of aromatic nitrogens is 2. The number of hydrogen-bond acceptors (Lipinski definition) is 5. The number of aliphatic hydroxyl groups excluding tert-OH is 1. The highest BCUT2D eigenvalue weighted by molar-refractivity contribution is 5.81. The first-order valence-corrected chi connectivity index (χ1v) is 6.30. The molecule has 0 atom stereocenters. The number of H-pyrrole nitrogens is 1. The summed E-state index contributed by atoms with van der Waals surface area (Å²) in [4.78, 5) is 19.0. The minimum Gasteiger partial charge on any atom is -0.399 e. The third-order valence-electron chi connectivity index (χ3n) is 3.73. The largest absolute Gasteiger partial charge is 0.399 e. The number of aromatic amines is 1. The summed E-state index contributed by atoms with van der Waals surface area (Å²) in [6.07, 6.45) is 2.84. The molecule has 1 aromatic heterocycles. The molecule has 0 amide bonds. The van der Waals surface area contributed by atoms with Crippen LogP contribution >= 0.6 is 0 Å². The average molecular weight is 260 g/mol. The smallest absolute Gasteiger partial charge is 0.260 e. The number of hydrogen-bond donors (Lipinski definition) is 4. The molecule has 1 heterocycles. The molecule has 0 unspecified atom stereocenters. The number of nitrogens with two attached hydrogens (primary N) is 1. The van der Waals surface area contributed by atoms with E-state index in [0.717, 1.165) is 19.3 Å². The maximum atomic E-state index is 12.0. The second-order valence-corrected chi connectivity index (χ2v) is 5.11. The van der Waals surface area contributed by atoms with Crippen LogP contribution in [-0.4, -0.2) is 27.2 Å². The van der Waals surface area contributed by atoms with Crippen LogP contribution in [0.2, 0.25) is 0 Å². The van der Waals surface area contributed by atoms with Crippen molar-refractivity contribution in [1.29, 1.82) is 0 Å². The van der Waals surface area contributed by atoms with Crippen molar-refractivity contribution >= 4 is 22.5 Å². The van der Waals surface area contributed by atoms with Crippen molar-refractivity contribution in [2.24, 2.45) is 0 Å². The third kappa shape index (κ3) is 2.04. The van der Waals surface area contributed by atoms with Gasteiger partial charge in [-0.1, -0.05) is 0 Å². The first-order valence-electron chi connectivity index (χ1n) is 6.30. The highest BCUT2D eigenvalue weighted by Gasteiger charge is 2.36. The molecule has 19 heavy (non-hydrogen) atoms. The summed E-state index contributed by atoms with van der Waals surface area (Å²) in [5, 5.41) is 13.0. The molecule has 3 rings (SSSR count). The van der Waals surface area contributed by atoms with Gasteiger partial charge < -0.3 is 16.2 Å². The normalized spacial score (nSPS) is 17.1. The Morgan fingerprint density at radius 1 is 1.47 bits per heavy atom. The van der Waals surface area contributed by atoms with Gasteiger partial charge in [-0.15, -0.1) is 0 Å². The second-order valence-electron chi connectivity index (χ2n) is 5.11. The standard InChI is InChI=1S/C13H16N4O2/c14-8-2-3-10-9(6-8)11(19)16-12(15-10)17-13(7-18)4-1-5-13/h2-3,6,18H,1,4-5,7,14H2,(H2,15,16,17,19). The lowest BCUT2D eigenvalue weighted by molar-refractivity contribution is 0.143. The lowest BCUT2D eigenvalue weighted by Gasteiger charge is -2.41. The average Bonchev–Trinajstić information content (AvgIpc) is 2.35. The Morgan fingerprint density at radius 3 is 2.89 bits per heavy atom. The van der Waals surface area contributed by atoms with Crippen LogP contribution in [0.1, 0.15) is 19.3 Å². The number of aliphatic hydroxyl groups is 1. The molecule has 1 aliphatic carbocycles. The van der Waals surface area contributed by atoms with Crippen LogP contribution in [-0.2, 0) is 0 Å². The van der Waals surface area contributed by atoms with E-state index in [1.54, 1.807) is 18.2 Å². The van der Waals surface area contributed by atoms with E-state index in [1.165, 1.54) is 0 Å². The van der Waals surface area contributed by atoms with Crippen LogP contribution in [0, 0.1) is 0 Å². The van der Waals surface area contributed by atoms with Crippen molar-refractivity contribution in [2.45, 2.75) is 24.8 Å². The molecule has 0 spiro atoms. The van der Waals surface area contributed by atoms with E-state index in [1.807, 2.05) is 0 Å². The number of rotatable bonds is 3. The van der Waals surface area contributed by atoms with E-state index in [2.05, 4.69) is 15.3 Å². The Morgan fingerprint density at radius 2 is 2.26 bits per heavy atom. The summed E-state index contributed by atoms with van der Waals surface area (Å²) >= 11 is 0. The number of benzene rings is 1. The van der Waals surface area contributed by atoms with E-state index in [0.29, 0.717) is 22.5 Å². The molecule has 1 saturated carbocycles. The Hall–Kier alpha value is -2.08. The fraction of sp³-hybridized carbons (Fsp3) is 0.385. The first-order chi connectivity index (χ1) is 9.12. The summed E-state index contributed by atoms with van der Waals surface area (Å²) < 4.78 is 0. The Labute approximate surface area is 109 Å². The van der Waals surface area contributed by atoms with Crippen LogP contribution in [0.3, 0.4) is 0 Å². The monoisotopic (exact) mass is 260 g/mol. The van der Waals surface area contributed by atoms with E-state index >= 15 is 0 Å². The number of fused-ring (bicyclic) bond motifs is 1. The van der Waals surface area contributed by atoms with Crippen LogP contribution in [0.4, 0.5) is 11.6 Å². The summed E-state index contributed by atoms with van der Waals surface area (Å²) in [6.45, 7) is 0.0382. The predicted octanol–water partition coefficient (Wildman–Crippen LogP) is 0.832. The molecule has 6 nitrogen and oxygen atoms in total. The summed E-state index contributed by atoms with van der Waals surface area (Å²) in [6, 6.07) is 5.04. The highest BCUT2D eigenvalue weighted by atomic mass is 16.3. The zero-order valence-electron chi connectivity index (χ0n) is 10.4. The van der Waals surface area contributed by atoms with Crippen molar-refractivity contribution in [2.75, 3.05) is 17.7 Å². The highest BCUT2D eigenvalue weighted by Crippen LogP contribution is 2.33. The molecule has 100 valence electrons. The molecule has 0 saturated heterocycles. The molecule has 0 bridgehead atoms. The minimum absolute atomic E-state index is 0.0382. The third-order valence-corrected chi connectivity index (χ3v) is 3.73. The maximum absolute atomic E-state index is 12.0. The molecule has 1 fully saturated rings. The molecule has 6 heteroatoms. The van der Waals surface area contributed by atoms with Crippen molar-refractivity contribution in [3.8, 4) is 0 Å². The number of nitrogen functional groups attached to an aromatic ring is 1. The zero-order valence-corrected chi connectivity index (χ0v) is 10.4. The number of nitrogens with one attached hydrogen (secondary N) is 2. The lowest BCUT2D eigenvalue weighted by atomic mass is 9.77. The van der Waals surface area contributed by atoms with Gasteiger partial charge in [-0.3, -0.25) is 9.78 Å².